The Balaban J connectivity index is 1.25. The van der Waals surface area contributed by atoms with Crippen molar-refractivity contribution in [2.75, 3.05) is 11.9 Å². The summed E-state index contributed by atoms with van der Waals surface area (Å²) < 4.78 is 0. The summed E-state index contributed by atoms with van der Waals surface area (Å²) in [4.78, 5) is 16.9. The largest absolute Gasteiger partial charge is 0.360 e. The quantitative estimate of drug-likeness (QED) is 0.471. The van der Waals surface area contributed by atoms with Crippen molar-refractivity contribution in [3.8, 4) is 0 Å². The van der Waals surface area contributed by atoms with Crippen LogP contribution in [0.1, 0.15) is 36.9 Å². The Morgan fingerprint density at radius 1 is 1.23 bits per heavy atom. The summed E-state index contributed by atoms with van der Waals surface area (Å²) in [5.74, 6) is 0.461. The molecule has 2 fully saturated rings. The number of hydrogen-bond donors (Lipinski definition) is 4. The molecule has 0 bridgehead atoms. The van der Waals surface area contributed by atoms with Gasteiger partial charge in [0.25, 0.3) is 0 Å². The van der Waals surface area contributed by atoms with Gasteiger partial charge in [0.2, 0.25) is 5.91 Å². The van der Waals surface area contributed by atoms with E-state index < -0.39 is 0 Å². The number of fused-ring (bicyclic) bond motifs is 1. The zero-order valence-electron chi connectivity index (χ0n) is 16.6. The second-order valence-electron chi connectivity index (χ2n) is 7.84. The van der Waals surface area contributed by atoms with Crippen LogP contribution in [-0.2, 0) is 17.6 Å². The molecule has 1 aliphatic carbocycles. The van der Waals surface area contributed by atoms with Crippen LogP contribution in [-0.4, -0.2) is 34.8 Å². The van der Waals surface area contributed by atoms with Crippen LogP contribution in [0.15, 0.2) is 29.6 Å². The Bertz CT molecular complexity index is 888. The molecule has 6 nitrogen and oxygen atoms in total. The van der Waals surface area contributed by atoms with E-state index in [-0.39, 0.29) is 18.5 Å². The van der Waals surface area contributed by atoms with Crippen molar-refractivity contribution in [1.82, 2.24) is 20.9 Å². The van der Waals surface area contributed by atoms with Crippen LogP contribution in [0.5, 0.6) is 0 Å². The number of hydrogen-bond acceptors (Lipinski definition) is 5. The molecule has 0 spiro atoms. The first-order chi connectivity index (χ1) is 14.6. The molecule has 0 radical (unpaired) electrons. The first-order valence-corrected chi connectivity index (χ1v) is 12.0. The predicted molar refractivity (Wildman–Crippen MR) is 126 cm³/mol. The minimum atomic E-state index is -0.0191. The molecule has 2 heterocycles. The van der Waals surface area contributed by atoms with Gasteiger partial charge < -0.3 is 21.3 Å². The topological polar surface area (TPSA) is 78.1 Å². The highest BCUT2D eigenvalue weighted by Gasteiger charge is 2.36. The van der Waals surface area contributed by atoms with Gasteiger partial charge >= 0.3 is 0 Å². The zero-order valence-corrected chi connectivity index (χ0v) is 19.0. The van der Waals surface area contributed by atoms with Crippen LogP contribution >= 0.6 is 35.2 Å². The number of nitrogens with zero attached hydrogens (tertiary/aromatic N) is 1. The van der Waals surface area contributed by atoms with Crippen LogP contribution in [0.25, 0.3) is 0 Å². The van der Waals surface area contributed by atoms with Gasteiger partial charge in [-0.05, 0) is 49.2 Å². The fraction of sp³-hybridized carbons (Fsp3) is 0.476. The van der Waals surface area contributed by atoms with Crippen molar-refractivity contribution in [3.63, 3.8) is 0 Å². The highest BCUT2D eigenvalue weighted by atomic mass is 35.5. The van der Waals surface area contributed by atoms with Crippen molar-refractivity contribution in [1.29, 1.82) is 0 Å². The molecule has 160 valence electrons. The van der Waals surface area contributed by atoms with Gasteiger partial charge in [-0.1, -0.05) is 36.6 Å². The van der Waals surface area contributed by atoms with E-state index in [2.05, 4.69) is 26.3 Å². The molecule has 2 aromatic rings. The maximum Gasteiger partial charge on any atom is 0.226 e. The van der Waals surface area contributed by atoms with Crippen molar-refractivity contribution in [2.45, 2.75) is 50.7 Å². The zero-order chi connectivity index (χ0) is 20.9. The minimum Gasteiger partial charge on any atom is -0.360 e. The Hall–Kier alpha value is -1.90. The highest BCUT2D eigenvalue weighted by Crippen LogP contribution is 2.30. The van der Waals surface area contributed by atoms with Gasteiger partial charge in [0.1, 0.15) is 6.17 Å². The van der Waals surface area contributed by atoms with Gasteiger partial charge in [-0.15, -0.1) is 11.3 Å². The Kier molecular flexibility index (Phi) is 7.07. The molecule has 1 saturated carbocycles. The lowest BCUT2D eigenvalue weighted by atomic mass is 9.81. The molecule has 3 unspecified atom stereocenters. The van der Waals surface area contributed by atoms with Crippen LogP contribution < -0.4 is 21.3 Å². The normalized spacial score (nSPS) is 23.1. The van der Waals surface area contributed by atoms with E-state index in [1.807, 2.05) is 29.6 Å². The standard InChI is InChI=1S/C21H26ClN5OS2/c22-14-7-5-13(6-8-14)9-10-23-18(28)11-15-12-30-21(24-15)27-19-16-3-1-2-4-17(16)25-20(29)26-19/h5-8,12,16-17,19H,1-4,9-11H2,(H,23,28)(H,24,27)(H2,25,26,29). The number of amides is 1. The SMILES string of the molecule is O=C(Cc1csc(NC2NC(=S)NC3CCCCC32)n1)NCCc1ccc(Cl)cc1. The number of thiazole rings is 1. The van der Waals surface area contributed by atoms with Gasteiger partial charge in [-0.25, -0.2) is 4.98 Å². The van der Waals surface area contributed by atoms with E-state index in [1.165, 1.54) is 30.6 Å². The maximum absolute atomic E-state index is 12.3. The first-order valence-electron chi connectivity index (χ1n) is 10.4. The number of benzene rings is 1. The van der Waals surface area contributed by atoms with Gasteiger partial charge in [-0.2, -0.15) is 0 Å². The number of anilines is 1. The summed E-state index contributed by atoms with van der Waals surface area (Å²) in [6.07, 6.45) is 5.95. The number of carbonyl (C=O) groups is 1. The van der Waals surface area contributed by atoms with Gasteiger partial charge in [-0.3, -0.25) is 4.79 Å². The van der Waals surface area contributed by atoms with Crippen LogP contribution in [0, 0.1) is 5.92 Å². The predicted octanol–water partition coefficient (Wildman–Crippen LogP) is 3.47. The molecule has 2 aliphatic rings. The fourth-order valence-corrected chi connectivity index (χ4v) is 5.30. The van der Waals surface area contributed by atoms with Crippen molar-refractivity contribution in [3.05, 3.63) is 45.9 Å². The molecule has 30 heavy (non-hydrogen) atoms. The molecule has 1 aromatic heterocycles. The van der Waals surface area contributed by atoms with E-state index in [9.17, 15) is 4.79 Å². The Morgan fingerprint density at radius 2 is 2.03 bits per heavy atom. The molecule has 1 aliphatic heterocycles. The average molecular weight is 464 g/mol. The number of nitrogens with one attached hydrogen (secondary N) is 4. The number of thiocarbonyl (C=S) groups is 1. The number of carbonyl (C=O) groups excluding carboxylic acids is 1. The molecule has 9 heteroatoms. The molecule has 1 saturated heterocycles. The van der Waals surface area contributed by atoms with E-state index in [4.69, 9.17) is 23.8 Å². The highest BCUT2D eigenvalue weighted by molar-refractivity contribution is 7.80. The summed E-state index contributed by atoms with van der Waals surface area (Å²) in [5.41, 5.74) is 1.93. The van der Waals surface area contributed by atoms with Crippen LogP contribution in [0.2, 0.25) is 5.02 Å². The third-order valence-electron chi connectivity index (χ3n) is 5.67. The lowest BCUT2D eigenvalue weighted by molar-refractivity contribution is -0.120. The maximum atomic E-state index is 12.3. The Labute approximate surface area is 191 Å². The summed E-state index contributed by atoms with van der Waals surface area (Å²) >= 11 is 12.8. The van der Waals surface area contributed by atoms with Crippen molar-refractivity contribution in [2.24, 2.45) is 5.92 Å². The van der Waals surface area contributed by atoms with Crippen molar-refractivity contribution < 1.29 is 4.79 Å². The molecule has 4 N–H and O–H groups in total. The lowest BCUT2D eigenvalue weighted by Crippen LogP contribution is -2.63. The summed E-state index contributed by atoms with van der Waals surface area (Å²) in [7, 11) is 0. The van der Waals surface area contributed by atoms with E-state index in [0.717, 1.165) is 34.3 Å². The number of halogens is 1. The summed E-state index contributed by atoms with van der Waals surface area (Å²) in [6, 6.07) is 8.11. The van der Waals surface area contributed by atoms with E-state index in [1.54, 1.807) is 0 Å². The second-order valence-corrected chi connectivity index (χ2v) is 9.54. The second kappa shape index (κ2) is 9.94. The molecular weight excluding hydrogens is 438 g/mol. The molecule has 1 aromatic carbocycles. The molecule has 3 atom stereocenters. The Morgan fingerprint density at radius 3 is 2.87 bits per heavy atom. The average Bonchev–Trinajstić information content (AvgIpc) is 3.16. The van der Waals surface area contributed by atoms with Crippen LogP contribution in [0.3, 0.4) is 0 Å². The first kappa shape index (κ1) is 21.3. The molecular formula is C21H26ClN5OS2. The minimum absolute atomic E-state index is 0.0191. The lowest BCUT2D eigenvalue weighted by Gasteiger charge is -2.43. The molecule has 1 amide bonds. The van der Waals surface area contributed by atoms with Gasteiger partial charge in [0, 0.05) is 28.9 Å². The van der Waals surface area contributed by atoms with Gasteiger partial charge in [0.15, 0.2) is 10.2 Å². The number of rotatable bonds is 7. The smallest absolute Gasteiger partial charge is 0.226 e. The fourth-order valence-electron chi connectivity index (χ4n) is 4.15. The summed E-state index contributed by atoms with van der Waals surface area (Å²) in [5, 5.41) is 17.4. The summed E-state index contributed by atoms with van der Waals surface area (Å²) in [6.45, 7) is 0.592. The van der Waals surface area contributed by atoms with E-state index >= 15 is 0 Å². The van der Waals surface area contributed by atoms with Crippen molar-refractivity contribution >= 4 is 51.3 Å². The van der Waals surface area contributed by atoms with E-state index in [0.29, 0.717) is 23.6 Å². The monoisotopic (exact) mass is 463 g/mol. The number of aromatic nitrogens is 1. The van der Waals surface area contributed by atoms with Crippen LogP contribution in [0.4, 0.5) is 5.13 Å². The third-order valence-corrected chi connectivity index (χ3v) is 6.98. The third kappa shape index (κ3) is 5.62. The molecule has 4 rings (SSSR count). The van der Waals surface area contributed by atoms with Gasteiger partial charge in [0.05, 0.1) is 12.1 Å².